The third kappa shape index (κ3) is 2.09. The van der Waals surface area contributed by atoms with Crippen molar-refractivity contribution < 1.29 is 9.90 Å². The van der Waals surface area contributed by atoms with E-state index in [1.54, 1.807) is 0 Å². The van der Waals surface area contributed by atoms with Crippen molar-refractivity contribution in [1.29, 1.82) is 0 Å². The van der Waals surface area contributed by atoms with Crippen LogP contribution in [-0.4, -0.2) is 36.1 Å². The maximum Gasteiger partial charge on any atom is 0.185 e. The number of rotatable bonds is 1. The molecule has 0 saturated heterocycles. The predicted molar refractivity (Wildman–Crippen MR) is 117 cm³/mol. The Morgan fingerprint density at radius 2 is 1.90 bits per heavy atom. The molecule has 1 N–H and O–H groups in total. The molecule has 0 amide bonds. The molecule has 0 radical (unpaired) electrons. The van der Waals surface area contributed by atoms with Crippen molar-refractivity contribution in [1.82, 2.24) is 4.98 Å². The first-order valence-corrected chi connectivity index (χ1v) is 11.9. The number of allylic oxidation sites excluding steroid dienone is 1. The molecule has 1 aromatic rings. The molecule has 1 spiro atoms. The van der Waals surface area contributed by atoms with Crippen LogP contribution in [0.2, 0.25) is 0 Å². The van der Waals surface area contributed by atoms with E-state index >= 15 is 0 Å². The van der Waals surface area contributed by atoms with E-state index < -0.39 is 11.5 Å². The molecular weight excluding hydrogens is 380 g/mol. The summed E-state index contributed by atoms with van der Waals surface area (Å²) in [6.07, 6.45) is 3.13. The summed E-state index contributed by atoms with van der Waals surface area (Å²) in [6.45, 7) is 13.4. The quantitative estimate of drug-likeness (QED) is 0.699. The topological polar surface area (TPSA) is 53.4 Å². The van der Waals surface area contributed by atoms with Crippen LogP contribution in [-0.2, 0) is 16.6 Å². The van der Waals surface area contributed by atoms with Crippen molar-refractivity contribution in [2.45, 2.75) is 64.9 Å². The number of anilines is 1. The Bertz CT molecular complexity index is 918. The minimum absolute atomic E-state index is 0.00858. The summed E-state index contributed by atoms with van der Waals surface area (Å²) in [6, 6.07) is 0. The van der Waals surface area contributed by atoms with Gasteiger partial charge in [0.25, 0.3) is 0 Å². The highest BCUT2D eigenvalue weighted by molar-refractivity contribution is 7.15. The number of Topliss-reactive ketones (excluding diaryl/α,β-unsaturated/α-hetero) is 1. The van der Waals surface area contributed by atoms with Crippen LogP contribution in [0.15, 0.2) is 12.2 Å². The third-order valence-electron chi connectivity index (χ3n) is 9.53. The van der Waals surface area contributed by atoms with Gasteiger partial charge in [-0.2, -0.15) is 0 Å². The summed E-state index contributed by atoms with van der Waals surface area (Å²) in [5, 5.41) is 12.6. The molecule has 5 heteroatoms. The number of aliphatic hydroxyl groups is 1. The van der Waals surface area contributed by atoms with Crippen LogP contribution in [0.3, 0.4) is 0 Å². The van der Waals surface area contributed by atoms with Gasteiger partial charge in [0.15, 0.2) is 10.9 Å². The van der Waals surface area contributed by atoms with Crippen LogP contribution in [0.5, 0.6) is 0 Å². The van der Waals surface area contributed by atoms with Crippen molar-refractivity contribution >= 4 is 22.3 Å². The Kier molecular flexibility index (Phi) is 3.90. The van der Waals surface area contributed by atoms with E-state index in [2.05, 4.69) is 53.3 Å². The summed E-state index contributed by atoms with van der Waals surface area (Å²) in [4.78, 5) is 22.1. The van der Waals surface area contributed by atoms with Gasteiger partial charge in [0.1, 0.15) is 0 Å². The van der Waals surface area contributed by atoms with Crippen LogP contribution < -0.4 is 4.90 Å². The Balaban J connectivity index is 1.69. The summed E-state index contributed by atoms with van der Waals surface area (Å²) in [7, 11) is 4.10. The van der Waals surface area contributed by atoms with Gasteiger partial charge in [0, 0.05) is 24.4 Å². The molecule has 3 fully saturated rings. The second kappa shape index (κ2) is 5.73. The molecule has 2 bridgehead atoms. The normalized spacial score (nSPS) is 44.9. The molecule has 0 aliphatic heterocycles. The molecule has 7 atom stereocenters. The highest BCUT2D eigenvalue weighted by atomic mass is 32.1. The predicted octanol–water partition coefficient (Wildman–Crippen LogP) is 4.22. The molecule has 3 saturated carbocycles. The van der Waals surface area contributed by atoms with Gasteiger partial charge in [0.05, 0.1) is 17.2 Å². The molecule has 1 unspecified atom stereocenters. The van der Waals surface area contributed by atoms with Crippen LogP contribution >= 0.6 is 11.3 Å². The molecule has 4 nitrogen and oxygen atoms in total. The van der Waals surface area contributed by atoms with E-state index in [9.17, 15) is 9.90 Å². The van der Waals surface area contributed by atoms with E-state index in [0.29, 0.717) is 12.3 Å². The largest absolute Gasteiger partial charge is 0.392 e. The maximum atomic E-state index is 13.6. The number of fused-ring (bicyclic) bond motifs is 4. The number of thiazole rings is 1. The lowest BCUT2D eigenvalue weighted by Gasteiger charge is -2.65. The van der Waals surface area contributed by atoms with Gasteiger partial charge in [-0.1, -0.05) is 34.3 Å². The first-order valence-electron chi connectivity index (χ1n) is 11.1. The number of aliphatic hydroxyl groups excluding tert-OH is 1. The van der Waals surface area contributed by atoms with E-state index in [1.807, 2.05) is 11.3 Å². The fraction of sp³-hybridized carbons (Fsp3) is 0.750. The summed E-state index contributed by atoms with van der Waals surface area (Å²) in [5.41, 5.74) is 1.23. The monoisotopic (exact) mass is 414 g/mol. The van der Waals surface area contributed by atoms with Gasteiger partial charge >= 0.3 is 0 Å². The smallest absolute Gasteiger partial charge is 0.185 e. The molecular formula is C24H34N2O2S. The number of nitrogens with zero attached hydrogens (tertiary/aromatic N) is 2. The van der Waals surface area contributed by atoms with Crippen molar-refractivity contribution in [2.75, 3.05) is 19.0 Å². The number of carbonyl (C=O) groups is 1. The van der Waals surface area contributed by atoms with Crippen molar-refractivity contribution in [3.63, 3.8) is 0 Å². The van der Waals surface area contributed by atoms with E-state index in [1.165, 1.54) is 10.6 Å². The lowest BCUT2D eigenvalue weighted by atomic mass is 9.39. The van der Waals surface area contributed by atoms with Crippen molar-refractivity contribution in [2.24, 2.45) is 34.5 Å². The average Bonchev–Trinajstić information content (AvgIpc) is 3.10. The van der Waals surface area contributed by atoms with Gasteiger partial charge in [-0.3, -0.25) is 4.79 Å². The maximum absolute atomic E-state index is 13.6. The van der Waals surface area contributed by atoms with E-state index in [0.717, 1.165) is 30.0 Å². The minimum atomic E-state index is -0.631. The Morgan fingerprint density at radius 1 is 1.21 bits per heavy atom. The van der Waals surface area contributed by atoms with Crippen molar-refractivity contribution in [3.8, 4) is 0 Å². The summed E-state index contributed by atoms with van der Waals surface area (Å²) >= 11 is 1.81. The number of carbonyl (C=O) groups excluding carboxylic acids is 1. The summed E-state index contributed by atoms with van der Waals surface area (Å²) < 4.78 is 0. The highest BCUT2D eigenvalue weighted by Crippen LogP contribution is 2.72. The first kappa shape index (κ1) is 19.7. The lowest BCUT2D eigenvalue weighted by molar-refractivity contribution is -0.195. The molecule has 4 aliphatic rings. The van der Waals surface area contributed by atoms with Crippen molar-refractivity contribution in [3.05, 3.63) is 22.7 Å². The Labute approximate surface area is 178 Å². The standard InChI is InChI=1S/C24H34N2O2S/c1-12-14-8-9-16-23(5)11-15-19(25-21(29-15)26(6)7)22(3,4)17(23)10-18(27)24(16,13(14)2)20(12)28/h13-14,16-18,27H,1,8-11H2,2-7H3/t13-,14?,16+,17-,18-,23+,24-/m1/s1. The lowest BCUT2D eigenvalue weighted by Crippen LogP contribution is -2.66. The fourth-order valence-corrected chi connectivity index (χ4v) is 9.62. The van der Waals surface area contributed by atoms with E-state index in [-0.39, 0.29) is 34.4 Å². The van der Waals surface area contributed by atoms with Crippen LogP contribution in [0.25, 0.3) is 0 Å². The fourth-order valence-electron chi connectivity index (χ4n) is 8.30. The zero-order valence-corrected chi connectivity index (χ0v) is 19.4. The van der Waals surface area contributed by atoms with Crippen LogP contribution in [0, 0.1) is 34.5 Å². The molecule has 1 heterocycles. The molecule has 158 valence electrons. The van der Waals surface area contributed by atoms with Crippen LogP contribution in [0.1, 0.15) is 57.5 Å². The van der Waals surface area contributed by atoms with Gasteiger partial charge < -0.3 is 10.0 Å². The Morgan fingerprint density at radius 3 is 2.55 bits per heavy atom. The zero-order chi connectivity index (χ0) is 21.1. The number of ketones is 1. The van der Waals surface area contributed by atoms with E-state index in [4.69, 9.17) is 4.98 Å². The molecule has 0 aromatic carbocycles. The zero-order valence-electron chi connectivity index (χ0n) is 18.6. The van der Waals surface area contributed by atoms with Crippen LogP contribution in [0.4, 0.5) is 5.13 Å². The van der Waals surface area contributed by atoms with Gasteiger partial charge in [-0.15, -0.1) is 11.3 Å². The highest BCUT2D eigenvalue weighted by Gasteiger charge is 2.73. The third-order valence-corrected chi connectivity index (χ3v) is 10.7. The van der Waals surface area contributed by atoms with Gasteiger partial charge in [0.2, 0.25) is 0 Å². The second-order valence-corrected chi connectivity index (χ2v) is 12.2. The second-order valence-electron chi connectivity index (χ2n) is 11.2. The SMILES string of the molecule is C=C1C(=O)[C@@]23[C@H](O)C[C@@H]4C(C)(C)c5nc(N(C)C)sc5C[C@@]4(C)[C@@H]2CCC1[C@H]3C. The summed E-state index contributed by atoms with van der Waals surface area (Å²) in [5.74, 6) is 1.14. The average molecular weight is 415 g/mol. The molecule has 4 aliphatic carbocycles. The van der Waals surface area contributed by atoms with Gasteiger partial charge in [-0.05, 0) is 60.3 Å². The molecule has 5 rings (SSSR count). The molecule has 1 aromatic heterocycles. The minimum Gasteiger partial charge on any atom is -0.392 e. The van der Waals surface area contributed by atoms with Gasteiger partial charge in [-0.25, -0.2) is 4.98 Å². The Hall–Kier alpha value is -1.20. The molecule has 29 heavy (non-hydrogen) atoms. The number of hydrogen-bond acceptors (Lipinski definition) is 5. The number of hydrogen-bond donors (Lipinski definition) is 1. The number of aromatic nitrogens is 1. The first-order chi connectivity index (χ1) is 13.5.